The summed E-state index contributed by atoms with van der Waals surface area (Å²) < 4.78 is 12.1. The highest BCUT2D eigenvalue weighted by atomic mass is 32.2. The Bertz CT molecular complexity index is 2100. The predicted octanol–water partition coefficient (Wildman–Crippen LogP) is 8.96. The van der Waals surface area contributed by atoms with Crippen LogP contribution in [0.1, 0.15) is 89.5 Å². The SMILES string of the molecule is CCC(CC)N1Cc2ccc3c4c(SCC(NC(C)=O)C(C)=O)cc5c6c(ccc(c7c(OCCOC)cc(c2c37)C1)c64)CN(C(CC)CC)C5. The summed E-state index contributed by atoms with van der Waals surface area (Å²) in [7, 11) is 1.72. The molecule has 7 nitrogen and oxygen atoms in total. The number of rotatable bonds is 15. The molecule has 0 saturated heterocycles. The zero-order valence-electron chi connectivity index (χ0n) is 31.4. The third-order valence-electron chi connectivity index (χ3n) is 11.6. The second kappa shape index (κ2) is 14.9. The number of fused-ring (bicyclic) bond motifs is 2. The molecule has 2 aliphatic rings. The van der Waals surface area contributed by atoms with Crippen LogP contribution in [0.4, 0.5) is 0 Å². The molecule has 1 unspecified atom stereocenters. The van der Waals surface area contributed by atoms with Gasteiger partial charge < -0.3 is 14.8 Å². The minimum absolute atomic E-state index is 0.0277. The first-order valence-electron chi connectivity index (χ1n) is 19.0. The van der Waals surface area contributed by atoms with Crippen LogP contribution in [0.3, 0.4) is 0 Å². The molecule has 0 aliphatic carbocycles. The maximum Gasteiger partial charge on any atom is 0.217 e. The molecular formula is C43H53N3O4S. The highest BCUT2D eigenvalue weighted by Crippen LogP contribution is 2.52. The van der Waals surface area contributed by atoms with Crippen LogP contribution in [0, 0.1) is 0 Å². The van der Waals surface area contributed by atoms with Crippen LogP contribution in [-0.2, 0) is 40.5 Å². The monoisotopic (exact) mass is 707 g/mol. The molecule has 270 valence electrons. The van der Waals surface area contributed by atoms with Gasteiger partial charge in [0.2, 0.25) is 5.91 Å². The van der Waals surface area contributed by atoms with Crippen molar-refractivity contribution in [2.24, 2.45) is 0 Å². The van der Waals surface area contributed by atoms with E-state index in [0.29, 0.717) is 31.1 Å². The number of hydrogen-bond donors (Lipinski definition) is 1. The Morgan fingerprint density at radius 3 is 1.76 bits per heavy atom. The summed E-state index contributed by atoms with van der Waals surface area (Å²) in [4.78, 5) is 31.3. The quantitative estimate of drug-likeness (QED) is 0.0504. The average molecular weight is 708 g/mol. The second-order valence-electron chi connectivity index (χ2n) is 14.6. The van der Waals surface area contributed by atoms with E-state index in [1.165, 1.54) is 77.2 Å². The molecule has 7 rings (SSSR count). The number of carbonyl (C=O) groups is 2. The van der Waals surface area contributed by atoms with Crippen molar-refractivity contribution in [2.45, 2.75) is 116 Å². The lowest BCUT2D eigenvalue weighted by molar-refractivity contribution is -0.125. The van der Waals surface area contributed by atoms with Crippen LogP contribution in [-0.4, -0.2) is 65.7 Å². The molecular weight excluding hydrogens is 655 g/mol. The molecule has 8 heteroatoms. The number of benzene rings is 5. The van der Waals surface area contributed by atoms with Crippen LogP contribution in [0.15, 0.2) is 41.3 Å². The summed E-state index contributed by atoms with van der Waals surface area (Å²) in [6, 6.07) is 14.6. The van der Waals surface area contributed by atoms with Gasteiger partial charge in [-0.15, -0.1) is 11.8 Å². The molecule has 5 aromatic rings. The van der Waals surface area contributed by atoms with E-state index in [-0.39, 0.29) is 11.7 Å². The number of Topliss-reactive ketones (excluding diaryl/α,β-unsaturated/α-hetero) is 1. The number of nitrogens with zero attached hydrogens (tertiary/aromatic N) is 2. The first kappa shape index (κ1) is 36.0. The minimum atomic E-state index is -0.550. The Labute approximate surface area is 306 Å². The Morgan fingerprint density at radius 2 is 1.24 bits per heavy atom. The molecule has 51 heavy (non-hydrogen) atoms. The van der Waals surface area contributed by atoms with E-state index in [1.54, 1.807) is 25.8 Å². The highest BCUT2D eigenvalue weighted by Gasteiger charge is 2.31. The summed E-state index contributed by atoms with van der Waals surface area (Å²) in [5.74, 6) is 1.19. The first-order valence-corrected chi connectivity index (χ1v) is 19.9. The van der Waals surface area contributed by atoms with Gasteiger partial charge in [-0.05, 0) is 93.9 Å². The zero-order chi connectivity index (χ0) is 36.0. The fraction of sp³-hybridized carbons (Fsp3) is 0.488. The Morgan fingerprint density at radius 1 is 0.706 bits per heavy atom. The maximum absolute atomic E-state index is 12.7. The van der Waals surface area contributed by atoms with E-state index in [1.807, 2.05) is 0 Å². The summed E-state index contributed by atoms with van der Waals surface area (Å²) >= 11 is 1.70. The second-order valence-corrected chi connectivity index (χ2v) is 15.7. The Hall–Kier alpha value is -3.43. The van der Waals surface area contributed by atoms with Gasteiger partial charge in [0.05, 0.1) is 12.6 Å². The number of ketones is 1. The van der Waals surface area contributed by atoms with Gasteiger partial charge in [0.15, 0.2) is 5.78 Å². The van der Waals surface area contributed by atoms with Gasteiger partial charge in [-0.3, -0.25) is 19.4 Å². The van der Waals surface area contributed by atoms with E-state index in [4.69, 9.17) is 9.47 Å². The standard InChI is InChI=1S/C43H53N3O4S/c1-8-31(9-2)45-20-27-13-15-34-41-37(51-24-35(25(5)47)44-26(6)48)19-30-23-46(32(10-3)11-4)21-28-12-14-33(43(41)39(28)30)40-36(50-17-16-49-7)18-29(22-45)38(27)42(34)40/h12-15,18-19,31-32,35H,8-11,16-17,20-24H2,1-7H3,(H,44,48). The summed E-state index contributed by atoms with van der Waals surface area (Å²) in [5.41, 5.74) is 5.40. The Kier molecular flexibility index (Phi) is 10.5. The lowest BCUT2D eigenvalue weighted by Crippen LogP contribution is -2.40. The van der Waals surface area contributed by atoms with Crippen LogP contribution in [0.2, 0.25) is 0 Å². The smallest absolute Gasteiger partial charge is 0.217 e. The lowest BCUT2D eigenvalue weighted by atomic mass is 9.82. The van der Waals surface area contributed by atoms with Crippen LogP contribution in [0.5, 0.6) is 5.75 Å². The molecule has 0 aromatic heterocycles. The molecule has 1 amide bonds. The highest BCUT2D eigenvalue weighted by molar-refractivity contribution is 7.99. The molecule has 0 spiro atoms. The Balaban J connectivity index is 1.53. The number of nitrogens with one attached hydrogen (secondary N) is 1. The summed E-state index contributed by atoms with van der Waals surface area (Å²) in [5, 5.41) is 13.1. The van der Waals surface area contributed by atoms with Crippen molar-refractivity contribution >= 4 is 66.5 Å². The minimum Gasteiger partial charge on any atom is -0.491 e. The van der Waals surface area contributed by atoms with Crippen LogP contribution >= 0.6 is 11.8 Å². The number of carbonyl (C=O) groups excluding carboxylic acids is 2. The summed E-state index contributed by atoms with van der Waals surface area (Å²) in [6.07, 6.45) is 4.47. The van der Waals surface area contributed by atoms with Crippen molar-refractivity contribution in [3.05, 3.63) is 58.7 Å². The van der Waals surface area contributed by atoms with Gasteiger partial charge in [0.1, 0.15) is 12.4 Å². The number of amides is 1. The van der Waals surface area contributed by atoms with Crippen molar-refractivity contribution in [1.29, 1.82) is 0 Å². The van der Waals surface area contributed by atoms with Gasteiger partial charge in [0.25, 0.3) is 0 Å². The van der Waals surface area contributed by atoms with Crippen molar-refractivity contribution in [3.63, 3.8) is 0 Å². The molecule has 5 aromatic carbocycles. The number of hydrogen-bond acceptors (Lipinski definition) is 7. The summed E-state index contributed by atoms with van der Waals surface area (Å²) in [6.45, 7) is 16.9. The van der Waals surface area contributed by atoms with Gasteiger partial charge in [0, 0.05) is 79.1 Å². The van der Waals surface area contributed by atoms with E-state index in [0.717, 1.165) is 57.6 Å². The van der Waals surface area contributed by atoms with E-state index in [9.17, 15) is 9.59 Å². The molecule has 1 N–H and O–H groups in total. The van der Waals surface area contributed by atoms with Gasteiger partial charge in [-0.2, -0.15) is 0 Å². The topological polar surface area (TPSA) is 71.1 Å². The van der Waals surface area contributed by atoms with Crippen molar-refractivity contribution < 1.29 is 19.1 Å². The fourth-order valence-corrected chi connectivity index (χ4v) is 10.4. The molecule has 1 atom stereocenters. The van der Waals surface area contributed by atoms with E-state index in [2.05, 4.69) is 79.2 Å². The first-order chi connectivity index (χ1) is 24.7. The molecule has 2 aliphatic heterocycles. The molecule has 0 saturated carbocycles. The largest absolute Gasteiger partial charge is 0.491 e. The lowest BCUT2D eigenvalue weighted by Gasteiger charge is -2.37. The number of ether oxygens (including phenoxy) is 2. The number of methoxy groups -OCH3 is 1. The fourth-order valence-electron chi connectivity index (χ4n) is 9.12. The molecule has 0 fully saturated rings. The van der Waals surface area contributed by atoms with Crippen LogP contribution in [0.25, 0.3) is 43.1 Å². The maximum atomic E-state index is 12.7. The van der Waals surface area contributed by atoms with Crippen molar-refractivity contribution in [2.75, 3.05) is 26.1 Å². The molecule has 0 radical (unpaired) electrons. The van der Waals surface area contributed by atoms with E-state index >= 15 is 0 Å². The third kappa shape index (κ3) is 6.36. The van der Waals surface area contributed by atoms with Gasteiger partial charge in [-0.25, -0.2) is 0 Å². The van der Waals surface area contributed by atoms with Crippen molar-refractivity contribution in [1.82, 2.24) is 15.1 Å². The number of thioether (sulfide) groups is 1. The van der Waals surface area contributed by atoms with Gasteiger partial charge in [-0.1, -0.05) is 52.0 Å². The van der Waals surface area contributed by atoms with Crippen LogP contribution < -0.4 is 10.1 Å². The third-order valence-corrected chi connectivity index (χ3v) is 12.7. The van der Waals surface area contributed by atoms with Crippen molar-refractivity contribution in [3.8, 4) is 5.75 Å². The molecule has 0 bridgehead atoms. The van der Waals surface area contributed by atoms with E-state index < -0.39 is 6.04 Å². The average Bonchev–Trinajstić information content (AvgIpc) is 3.12. The predicted molar refractivity (Wildman–Crippen MR) is 211 cm³/mol. The molecule has 2 heterocycles. The normalized spacial score (nSPS) is 15.6. The zero-order valence-corrected chi connectivity index (χ0v) is 32.2. The van der Waals surface area contributed by atoms with Gasteiger partial charge >= 0.3 is 0 Å².